The molecule has 3 aliphatic carbocycles. The number of rotatable bonds is 5. The maximum Gasteiger partial charge on any atom is 0.270 e. The van der Waals surface area contributed by atoms with E-state index in [1.54, 1.807) is 0 Å². The number of aliphatic hydroxyl groups is 3. The molecule has 1 fully saturated rings. The maximum atomic E-state index is 13.9. The van der Waals surface area contributed by atoms with Crippen molar-refractivity contribution in [3.8, 4) is 5.75 Å². The van der Waals surface area contributed by atoms with Gasteiger partial charge in [0.1, 0.15) is 28.5 Å². The van der Waals surface area contributed by atoms with Crippen LogP contribution in [-0.4, -0.2) is 84.4 Å². The lowest BCUT2D eigenvalue weighted by Crippen LogP contribution is -2.65. The zero-order valence-corrected chi connectivity index (χ0v) is 22.0. The summed E-state index contributed by atoms with van der Waals surface area (Å²) in [7, 11) is 3.03. The number of likely N-dealkylation sites (N-methyl/N-ethyl adjacent to an activating group) is 1. The molecule has 4 atom stereocenters. The lowest BCUT2D eigenvalue weighted by atomic mass is 9.57. The molecule has 0 aliphatic heterocycles. The number of aromatic hydroxyl groups is 1. The molecule has 0 bridgehead atoms. The Balaban J connectivity index is 1.58. The standard InChI is InChI=1S/C27H27N5O9/c1-32(2)20-13-6-11-5-12-10(8-29-26(40)14-7-16(34)31-9-30-14)3-4-15(33)18(12)21(35)17(11)23(37)27(13,41)24(38)19(22(20)36)25(28)39/h3-4,7,9,11,13,20,33,35,38,41H,5-6,8H2,1-2H3,(H2,28,39)(H,29,40)(H,30,31,34)/t11-,13-,20-,27-/m0/s1. The van der Waals surface area contributed by atoms with Crippen LogP contribution in [-0.2, 0) is 27.3 Å². The fourth-order valence-corrected chi connectivity index (χ4v) is 6.23. The Bertz CT molecular complexity index is 1660. The second-order valence-electron chi connectivity index (χ2n) is 10.5. The molecule has 14 heteroatoms. The van der Waals surface area contributed by atoms with E-state index in [4.69, 9.17) is 5.73 Å². The highest BCUT2D eigenvalue weighted by atomic mass is 16.3. The number of nitrogens with zero attached hydrogens (tertiary/aromatic N) is 2. The molecule has 41 heavy (non-hydrogen) atoms. The number of nitrogens with one attached hydrogen (secondary N) is 2. The summed E-state index contributed by atoms with van der Waals surface area (Å²) < 4.78 is 0. The normalized spacial score (nSPS) is 25.5. The number of carbonyl (C=O) groups excluding carboxylic acids is 4. The van der Waals surface area contributed by atoms with Crippen molar-refractivity contribution in [3.63, 3.8) is 0 Å². The molecule has 1 heterocycles. The molecule has 5 rings (SSSR count). The van der Waals surface area contributed by atoms with Gasteiger partial charge >= 0.3 is 0 Å². The van der Waals surface area contributed by atoms with Crippen molar-refractivity contribution in [3.05, 3.63) is 74.2 Å². The van der Waals surface area contributed by atoms with Crippen molar-refractivity contribution >= 4 is 29.1 Å². The highest BCUT2D eigenvalue weighted by Gasteiger charge is 2.64. The largest absolute Gasteiger partial charge is 0.508 e. The molecule has 214 valence electrons. The quantitative estimate of drug-likeness (QED) is 0.217. The first-order valence-electron chi connectivity index (χ1n) is 12.6. The number of nitrogens with two attached hydrogens (primary N) is 1. The van der Waals surface area contributed by atoms with Crippen LogP contribution >= 0.6 is 0 Å². The fourth-order valence-electron chi connectivity index (χ4n) is 6.23. The number of primary amides is 1. The first-order chi connectivity index (χ1) is 19.3. The van der Waals surface area contributed by atoms with Crippen molar-refractivity contribution in [1.29, 1.82) is 0 Å². The topological polar surface area (TPSA) is 236 Å². The molecule has 0 radical (unpaired) electrons. The number of aliphatic hydroxyl groups excluding tert-OH is 2. The fraction of sp³-hybridized carbons (Fsp3) is 0.333. The van der Waals surface area contributed by atoms with E-state index >= 15 is 0 Å². The number of carbonyl (C=O) groups is 4. The Labute approximate surface area is 231 Å². The summed E-state index contributed by atoms with van der Waals surface area (Å²) in [5.41, 5.74) is 1.60. The average Bonchev–Trinajstić information content (AvgIpc) is 2.89. The van der Waals surface area contributed by atoms with Crippen LogP contribution in [0.2, 0.25) is 0 Å². The summed E-state index contributed by atoms with van der Waals surface area (Å²) in [6.07, 6.45) is 1.09. The summed E-state index contributed by atoms with van der Waals surface area (Å²) >= 11 is 0. The van der Waals surface area contributed by atoms with E-state index in [1.807, 2.05) is 0 Å². The minimum atomic E-state index is -2.73. The van der Waals surface area contributed by atoms with Crippen molar-refractivity contribution in [2.75, 3.05) is 14.1 Å². The monoisotopic (exact) mass is 565 g/mol. The maximum absolute atomic E-state index is 13.9. The second-order valence-corrected chi connectivity index (χ2v) is 10.5. The summed E-state index contributed by atoms with van der Waals surface area (Å²) in [6, 6.07) is 2.62. The van der Waals surface area contributed by atoms with Crippen LogP contribution in [0, 0.1) is 11.8 Å². The second kappa shape index (κ2) is 9.67. The molecule has 1 saturated carbocycles. The van der Waals surface area contributed by atoms with Crippen molar-refractivity contribution in [1.82, 2.24) is 20.2 Å². The molecule has 0 spiro atoms. The number of H-pyrrole nitrogens is 1. The minimum Gasteiger partial charge on any atom is -0.508 e. The van der Waals surface area contributed by atoms with Gasteiger partial charge in [0.05, 0.1) is 17.9 Å². The number of phenolic OH excluding ortho intramolecular Hbond substituents is 1. The molecule has 14 nitrogen and oxygen atoms in total. The van der Waals surface area contributed by atoms with Crippen molar-refractivity contribution in [2.24, 2.45) is 17.6 Å². The number of phenols is 1. The van der Waals surface area contributed by atoms with E-state index < -0.39 is 69.5 Å². The Morgan fingerprint density at radius 1 is 1.20 bits per heavy atom. The van der Waals surface area contributed by atoms with Crippen LogP contribution in [0.4, 0.5) is 0 Å². The van der Waals surface area contributed by atoms with Gasteiger partial charge in [-0.3, -0.25) is 28.9 Å². The summed E-state index contributed by atoms with van der Waals surface area (Å²) in [6.45, 7) is -0.0864. The number of aromatic nitrogens is 2. The molecule has 3 aliphatic rings. The number of ketones is 2. The van der Waals surface area contributed by atoms with E-state index in [0.29, 0.717) is 11.1 Å². The van der Waals surface area contributed by atoms with E-state index in [9.17, 15) is 44.4 Å². The molecular formula is C27H27N5O9. The third-order valence-electron chi connectivity index (χ3n) is 8.05. The number of benzene rings is 1. The predicted molar refractivity (Wildman–Crippen MR) is 140 cm³/mol. The van der Waals surface area contributed by atoms with Gasteiger partial charge in [-0.1, -0.05) is 6.07 Å². The number of aromatic amines is 1. The van der Waals surface area contributed by atoms with Crippen LogP contribution < -0.4 is 16.6 Å². The minimum absolute atomic E-state index is 0.0655. The van der Waals surface area contributed by atoms with Gasteiger partial charge in [-0.2, -0.15) is 0 Å². The van der Waals surface area contributed by atoms with Crippen LogP contribution in [0.5, 0.6) is 5.75 Å². The van der Waals surface area contributed by atoms with Crippen LogP contribution in [0.25, 0.3) is 5.76 Å². The van der Waals surface area contributed by atoms with Gasteiger partial charge in [0, 0.05) is 24.1 Å². The summed E-state index contributed by atoms with van der Waals surface area (Å²) in [5.74, 6) is -8.05. The average molecular weight is 566 g/mol. The van der Waals surface area contributed by atoms with Gasteiger partial charge in [0.2, 0.25) is 5.78 Å². The Hall–Kier alpha value is -4.82. The Morgan fingerprint density at radius 2 is 1.90 bits per heavy atom. The van der Waals surface area contributed by atoms with E-state index in [0.717, 1.165) is 12.4 Å². The molecule has 0 unspecified atom stereocenters. The predicted octanol–water partition coefficient (Wildman–Crippen LogP) is -1.02. The SMILES string of the molecule is CN(C)[C@@H]1C(=O)C(C(N)=O)=C(O)[C@@]2(O)C(=O)C3=C(O)c4c(O)ccc(CNC(=O)c5cc(=O)[nH]cn5)c4C[C@H]3C[C@@H]12. The lowest BCUT2D eigenvalue weighted by molar-refractivity contribution is -0.153. The highest BCUT2D eigenvalue weighted by Crippen LogP contribution is 2.52. The molecule has 2 aromatic rings. The summed E-state index contributed by atoms with van der Waals surface area (Å²) in [5, 5.41) is 47.1. The first kappa shape index (κ1) is 27.7. The van der Waals surface area contributed by atoms with Crippen molar-refractivity contribution < 1.29 is 39.6 Å². The van der Waals surface area contributed by atoms with Gasteiger partial charge in [0.15, 0.2) is 11.4 Å². The molecular weight excluding hydrogens is 538 g/mol. The van der Waals surface area contributed by atoms with Crippen LogP contribution in [0.3, 0.4) is 0 Å². The van der Waals surface area contributed by atoms with Gasteiger partial charge in [-0.15, -0.1) is 0 Å². The lowest BCUT2D eigenvalue weighted by Gasteiger charge is -2.50. The number of fused-ring (bicyclic) bond motifs is 3. The Morgan fingerprint density at radius 3 is 2.54 bits per heavy atom. The van der Waals surface area contributed by atoms with E-state index in [-0.39, 0.29) is 42.0 Å². The molecule has 8 N–H and O–H groups in total. The van der Waals surface area contributed by atoms with Crippen molar-refractivity contribution in [2.45, 2.75) is 31.0 Å². The number of amides is 2. The van der Waals surface area contributed by atoms with E-state index in [2.05, 4.69) is 15.3 Å². The van der Waals surface area contributed by atoms with Gasteiger partial charge < -0.3 is 36.5 Å². The van der Waals surface area contributed by atoms with E-state index in [1.165, 1.54) is 31.1 Å². The highest BCUT2D eigenvalue weighted by molar-refractivity contribution is 6.24. The number of Topliss-reactive ketones (excluding diaryl/α,β-unsaturated/α-hetero) is 2. The van der Waals surface area contributed by atoms with Crippen LogP contribution in [0.15, 0.2) is 46.2 Å². The Kier molecular flexibility index (Phi) is 6.54. The molecule has 1 aromatic carbocycles. The van der Waals surface area contributed by atoms with Crippen LogP contribution in [0.1, 0.15) is 33.6 Å². The molecule has 1 aromatic heterocycles. The molecule has 2 amide bonds. The zero-order valence-electron chi connectivity index (χ0n) is 22.0. The summed E-state index contributed by atoms with van der Waals surface area (Å²) in [4.78, 5) is 70.8. The molecule has 0 saturated heterocycles. The number of hydrogen-bond acceptors (Lipinski definition) is 11. The van der Waals surface area contributed by atoms with Gasteiger partial charge in [-0.25, -0.2) is 4.98 Å². The van der Waals surface area contributed by atoms with Gasteiger partial charge in [0.25, 0.3) is 17.4 Å². The third-order valence-corrected chi connectivity index (χ3v) is 8.05. The third kappa shape index (κ3) is 4.10. The van der Waals surface area contributed by atoms with Gasteiger partial charge in [-0.05, 0) is 50.0 Å². The number of hydrogen-bond donors (Lipinski definition) is 7. The first-order valence-corrected chi connectivity index (χ1v) is 12.6. The zero-order chi connectivity index (χ0) is 30.0. The smallest absolute Gasteiger partial charge is 0.270 e.